The van der Waals surface area contributed by atoms with Crippen molar-refractivity contribution in [3.8, 4) is 0 Å². The van der Waals surface area contributed by atoms with Crippen molar-refractivity contribution >= 4 is 23.6 Å². The third-order valence-corrected chi connectivity index (χ3v) is 8.16. The number of nitrogens with two attached hydrogens (primary N) is 1. The molecule has 5 aliphatic rings. The lowest BCUT2D eigenvalue weighted by atomic mass is 9.56. The molecule has 2 amide bonds. The number of amides is 2. The average Bonchev–Trinajstić information content (AvgIpc) is 2.51. The minimum absolute atomic E-state index is 0.141. The summed E-state index contributed by atoms with van der Waals surface area (Å²) < 4.78 is 0.392. The standard InChI is InChI=1S/C18H28N2O2S/c19-17(22)15-2-1-3-20(10-15)16(21)11-23-18-7-12-4-13(8-18)6-14(5-12)9-18/h12-15H,1-11H2,(H2,19,22)/t12?,13?,14?,15-,18?/m0/s1. The van der Waals surface area contributed by atoms with Crippen molar-refractivity contribution in [3.05, 3.63) is 0 Å². The van der Waals surface area contributed by atoms with E-state index in [1.165, 1.54) is 38.5 Å². The van der Waals surface area contributed by atoms with E-state index in [-0.39, 0.29) is 17.7 Å². The Balaban J connectivity index is 1.34. The maximum absolute atomic E-state index is 12.6. The summed E-state index contributed by atoms with van der Waals surface area (Å²) in [5.41, 5.74) is 5.42. The Morgan fingerprint density at radius 1 is 1.09 bits per heavy atom. The van der Waals surface area contributed by atoms with Gasteiger partial charge in [0, 0.05) is 17.8 Å². The number of piperidine rings is 1. The highest BCUT2D eigenvalue weighted by Gasteiger charge is 2.51. The zero-order chi connectivity index (χ0) is 16.0. The van der Waals surface area contributed by atoms with Gasteiger partial charge in [-0.3, -0.25) is 9.59 Å². The van der Waals surface area contributed by atoms with Crippen LogP contribution in [-0.4, -0.2) is 40.3 Å². The van der Waals surface area contributed by atoms with E-state index in [9.17, 15) is 9.59 Å². The number of likely N-dealkylation sites (tertiary alicyclic amines) is 1. The molecule has 23 heavy (non-hydrogen) atoms. The molecular formula is C18H28N2O2S. The molecule has 0 unspecified atom stereocenters. The second-order valence-corrected chi connectivity index (χ2v) is 9.91. The second kappa shape index (κ2) is 5.98. The number of thioether (sulfide) groups is 1. The van der Waals surface area contributed by atoms with E-state index in [4.69, 9.17) is 5.73 Å². The smallest absolute Gasteiger partial charge is 0.232 e. The molecule has 4 aliphatic carbocycles. The molecule has 1 atom stereocenters. The maximum atomic E-state index is 12.6. The first-order valence-electron chi connectivity index (χ1n) is 9.24. The van der Waals surface area contributed by atoms with Crippen molar-refractivity contribution in [2.24, 2.45) is 29.4 Å². The third-order valence-electron chi connectivity index (χ3n) is 6.66. The van der Waals surface area contributed by atoms with Crippen LogP contribution in [0, 0.1) is 23.7 Å². The van der Waals surface area contributed by atoms with Gasteiger partial charge in [0.2, 0.25) is 11.8 Å². The van der Waals surface area contributed by atoms with Gasteiger partial charge in [-0.05, 0) is 69.1 Å². The number of nitrogens with zero attached hydrogens (tertiary/aromatic N) is 1. The summed E-state index contributed by atoms with van der Waals surface area (Å²) in [6, 6.07) is 0. The fraction of sp³-hybridized carbons (Fsp3) is 0.889. The van der Waals surface area contributed by atoms with Gasteiger partial charge in [0.25, 0.3) is 0 Å². The van der Waals surface area contributed by atoms with Crippen molar-refractivity contribution in [1.29, 1.82) is 0 Å². The summed E-state index contributed by atoms with van der Waals surface area (Å²) in [5.74, 6) is 3.21. The first kappa shape index (κ1) is 15.8. The molecule has 2 N–H and O–H groups in total. The van der Waals surface area contributed by atoms with Gasteiger partial charge >= 0.3 is 0 Å². The van der Waals surface area contributed by atoms with E-state index in [2.05, 4.69) is 0 Å². The zero-order valence-electron chi connectivity index (χ0n) is 13.8. The molecule has 0 aromatic heterocycles. The van der Waals surface area contributed by atoms with Gasteiger partial charge in [-0.2, -0.15) is 0 Å². The summed E-state index contributed by atoms with van der Waals surface area (Å²) in [6.07, 6.45) is 10.1. The van der Waals surface area contributed by atoms with E-state index in [0.29, 0.717) is 17.0 Å². The van der Waals surface area contributed by atoms with E-state index in [0.717, 1.165) is 37.1 Å². The minimum atomic E-state index is -0.253. The Bertz CT molecular complexity index is 472. The molecule has 0 spiro atoms. The molecule has 0 aromatic rings. The van der Waals surface area contributed by atoms with Crippen LogP contribution in [0.25, 0.3) is 0 Å². The summed E-state index contributed by atoms with van der Waals surface area (Å²) in [7, 11) is 0. The fourth-order valence-electron chi connectivity index (χ4n) is 5.95. The molecule has 1 heterocycles. The maximum Gasteiger partial charge on any atom is 0.232 e. The Kier molecular flexibility index (Phi) is 4.11. The quantitative estimate of drug-likeness (QED) is 0.857. The van der Waals surface area contributed by atoms with E-state index in [1.807, 2.05) is 16.7 Å². The molecular weight excluding hydrogens is 308 g/mol. The van der Waals surface area contributed by atoms with Crippen molar-refractivity contribution in [2.75, 3.05) is 18.8 Å². The topological polar surface area (TPSA) is 63.4 Å². The number of hydrogen-bond donors (Lipinski definition) is 1. The monoisotopic (exact) mass is 336 g/mol. The van der Waals surface area contributed by atoms with Crippen molar-refractivity contribution in [2.45, 2.75) is 56.1 Å². The molecule has 0 radical (unpaired) electrons. The Morgan fingerprint density at radius 3 is 2.26 bits per heavy atom. The fourth-order valence-corrected chi connectivity index (χ4v) is 7.62. The largest absolute Gasteiger partial charge is 0.369 e. The van der Waals surface area contributed by atoms with Gasteiger partial charge < -0.3 is 10.6 Å². The predicted molar refractivity (Wildman–Crippen MR) is 91.9 cm³/mol. The van der Waals surface area contributed by atoms with Crippen LogP contribution in [0.3, 0.4) is 0 Å². The summed E-state index contributed by atoms with van der Waals surface area (Å²) in [4.78, 5) is 25.9. The predicted octanol–water partition coefficient (Wildman–Crippen LogP) is 2.41. The molecule has 1 saturated heterocycles. The lowest BCUT2D eigenvalue weighted by Gasteiger charge is -2.56. The van der Waals surface area contributed by atoms with Crippen molar-refractivity contribution < 1.29 is 9.59 Å². The summed E-state index contributed by atoms with van der Waals surface area (Å²) >= 11 is 1.94. The second-order valence-electron chi connectivity index (χ2n) is 8.47. The summed E-state index contributed by atoms with van der Waals surface area (Å²) in [6.45, 7) is 1.33. The molecule has 4 saturated carbocycles. The highest BCUT2D eigenvalue weighted by Crippen LogP contribution is 2.60. The molecule has 5 heteroatoms. The lowest BCUT2D eigenvalue weighted by molar-refractivity contribution is -0.132. The van der Waals surface area contributed by atoms with Crippen LogP contribution < -0.4 is 5.73 Å². The number of carbonyl (C=O) groups excluding carboxylic acids is 2. The minimum Gasteiger partial charge on any atom is -0.369 e. The van der Waals surface area contributed by atoms with Gasteiger partial charge in [-0.15, -0.1) is 11.8 Å². The van der Waals surface area contributed by atoms with Crippen LogP contribution >= 0.6 is 11.8 Å². The van der Waals surface area contributed by atoms with Gasteiger partial charge in [0.1, 0.15) is 0 Å². The molecule has 5 fully saturated rings. The van der Waals surface area contributed by atoms with E-state index < -0.39 is 0 Å². The first-order chi connectivity index (χ1) is 11.0. The number of carbonyl (C=O) groups is 2. The number of rotatable bonds is 4. The van der Waals surface area contributed by atoms with Crippen molar-refractivity contribution in [1.82, 2.24) is 4.90 Å². The third kappa shape index (κ3) is 3.13. The Hall–Kier alpha value is -0.710. The molecule has 0 aromatic carbocycles. The average molecular weight is 337 g/mol. The van der Waals surface area contributed by atoms with Gasteiger partial charge in [0.15, 0.2) is 0 Å². The van der Waals surface area contributed by atoms with Gasteiger partial charge in [0.05, 0.1) is 11.7 Å². The van der Waals surface area contributed by atoms with Crippen LogP contribution in [-0.2, 0) is 9.59 Å². The molecule has 4 bridgehead atoms. The molecule has 4 nitrogen and oxygen atoms in total. The normalized spacial score (nSPS) is 42.0. The Labute approximate surface area is 142 Å². The summed E-state index contributed by atoms with van der Waals surface area (Å²) in [5, 5.41) is 0. The van der Waals surface area contributed by atoms with Crippen LogP contribution in [0.4, 0.5) is 0 Å². The number of primary amides is 1. The van der Waals surface area contributed by atoms with Crippen LogP contribution in [0.15, 0.2) is 0 Å². The van der Waals surface area contributed by atoms with Crippen LogP contribution in [0.1, 0.15) is 51.4 Å². The lowest BCUT2D eigenvalue weighted by Crippen LogP contribution is -2.49. The van der Waals surface area contributed by atoms with Gasteiger partial charge in [-0.1, -0.05) is 0 Å². The van der Waals surface area contributed by atoms with Crippen LogP contribution in [0.2, 0.25) is 0 Å². The molecule has 5 rings (SSSR count). The Morgan fingerprint density at radius 2 is 1.70 bits per heavy atom. The SMILES string of the molecule is NC(=O)[C@H]1CCCN(C(=O)CSC23CC4CC(CC(C4)C2)C3)C1. The molecule has 128 valence electrons. The van der Waals surface area contributed by atoms with E-state index in [1.54, 1.807) is 0 Å². The zero-order valence-corrected chi connectivity index (χ0v) is 14.7. The van der Waals surface area contributed by atoms with E-state index >= 15 is 0 Å². The first-order valence-corrected chi connectivity index (χ1v) is 10.2. The highest BCUT2D eigenvalue weighted by atomic mass is 32.2. The van der Waals surface area contributed by atoms with Crippen LogP contribution in [0.5, 0.6) is 0 Å². The number of hydrogen-bond acceptors (Lipinski definition) is 3. The van der Waals surface area contributed by atoms with Gasteiger partial charge in [-0.25, -0.2) is 0 Å². The highest BCUT2D eigenvalue weighted by molar-refractivity contribution is 8.01. The molecule has 1 aliphatic heterocycles. The van der Waals surface area contributed by atoms with Crippen molar-refractivity contribution in [3.63, 3.8) is 0 Å².